The minimum absolute atomic E-state index is 0.0533. The summed E-state index contributed by atoms with van der Waals surface area (Å²) in [6.45, 7) is 3.05. The third kappa shape index (κ3) is 4.30. The Kier molecular flexibility index (Phi) is 5.90. The summed E-state index contributed by atoms with van der Waals surface area (Å²) in [5.74, 6) is -0.0533. The number of aromatic nitrogens is 1. The van der Waals surface area contributed by atoms with Crippen LogP contribution in [0.2, 0.25) is 0 Å². The van der Waals surface area contributed by atoms with Crippen molar-refractivity contribution in [3.63, 3.8) is 0 Å². The lowest BCUT2D eigenvalue weighted by Gasteiger charge is -2.12. The van der Waals surface area contributed by atoms with Gasteiger partial charge in [-0.3, -0.25) is 0 Å². The lowest BCUT2D eigenvalue weighted by atomic mass is 10.2. The highest BCUT2D eigenvalue weighted by molar-refractivity contribution is 5.28. The summed E-state index contributed by atoms with van der Waals surface area (Å²) in [5.41, 5.74) is 0.644. The number of nitrogens with one attached hydrogen (secondary N) is 1. The first-order valence-electron chi connectivity index (χ1n) is 5.87. The number of aromatic hydroxyl groups is 1. The van der Waals surface area contributed by atoms with Gasteiger partial charge in [0, 0.05) is 6.54 Å². The van der Waals surface area contributed by atoms with Crippen molar-refractivity contribution in [2.75, 3.05) is 13.1 Å². The molecule has 0 radical (unpaired) electrons. The third-order valence-corrected chi connectivity index (χ3v) is 2.51. The minimum atomic E-state index is -0.724. The van der Waals surface area contributed by atoms with Crippen LogP contribution >= 0.6 is 0 Å². The molecule has 1 aromatic rings. The number of nitrogens with zero attached hydrogens (tertiary/aromatic N) is 1. The Bertz CT molecular complexity index is 345. The van der Waals surface area contributed by atoms with E-state index in [0.29, 0.717) is 12.2 Å². The highest BCUT2D eigenvalue weighted by Crippen LogP contribution is 2.18. The monoisotopic (exact) mass is 240 g/mol. The number of hydrogen-bond acceptors (Lipinski definition) is 5. The van der Waals surface area contributed by atoms with Crippen LogP contribution in [-0.2, 0) is 6.61 Å². The van der Waals surface area contributed by atoms with Crippen molar-refractivity contribution in [3.05, 3.63) is 23.5 Å². The Labute approximate surface area is 101 Å². The quantitative estimate of drug-likeness (QED) is 0.527. The molecule has 5 heteroatoms. The van der Waals surface area contributed by atoms with E-state index in [0.717, 1.165) is 19.4 Å². The Morgan fingerprint density at radius 1 is 1.41 bits per heavy atom. The van der Waals surface area contributed by atoms with Gasteiger partial charge in [0.1, 0.15) is 17.5 Å². The largest absolute Gasteiger partial charge is 0.506 e. The van der Waals surface area contributed by atoms with Gasteiger partial charge in [-0.2, -0.15) is 0 Å². The van der Waals surface area contributed by atoms with Crippen LogP contribution in [0.3, 0.4) is 0 Å². The Morgan fingerprint density at radius 2 is 2.18 bits per heavy atom. The van der Waals surface area contributed by atoms with E-state index >= 15 is 0 Å². The average molecular weight is 240 g/mol. The molecular weight excluding hydrogens is 220 g/mol. The molecule has 5 nitrogen and oxygen atoms in total. The first kappa shape index (κ1) is 13.9. The molecule has 0 aliphatic rings. The van der Waals surface area contributed by atoms with Gasteiger partial charge < -0.3 is 20.6 Å². The standard InChI is InChI=1S/C12H20N2O3/c1-2-3-6-13-7-12(17)9-4-5-11(16)10(8-15)14-9/h4-5,12-13,15-17H,2-3,6-8H2,1H3. The molecule has 1 atom stereocenters. The molecule has 0 aliphatic heterocycles. The minimum Gasteiger partial charge on any atom is -0.506 e. The molecule has 0 aliphatic carbocycles. The van der Waals surface area contributed by atoms with Gasteiger partial charge in [0.25, 0.3) is 0 Å². The molecule has 0 bridgehead atoms. The highest BCUT2D eigenvalue weighted by atomic mass is 16.3. The lowest BCUT2D eigenvalue weighted by molar-refractivity contribution is 0.168. The Balaban J connectivity index is 2.53. The van der Waals surface area contributed by atoms with Crippen LogP contribution in [0.15, 0.2) is 12.1 Å². The van der Waals surface area contributed by atoms with E-state index in [1.165, 1.54) is 6.07 Å². The number of hydrogen-bond donors (Lipinski definition) is 4. The summed E-state index contributed by atoms with van der Waals surface area (Å²) in [6.07, 6.45) is 1.45. The van der Waals surface area contributed by atoms with Crippen molar-refractivity contribution >= 4 is 0 Å². The van der Waals surface area contributed by atoms with E-state index in [1.54, 1.807) is 6.07 Å². The van der Waals surface area contributed by atoms with Crippen LogP contribution in [0.25, 0.3) is 0 Å². The van der Waals surface area contributed by atoms with Gasteiger partial charge in [-0.15, -0.1) is 0 Å². The number of pyridine rings is 1. The van der Waals surface area contributed by atoms with Crippen molar-refractivity contribution in [1.82, 2.24) is 10.3 Å². The number of rotatable bonds is 7. The maximum atomic E-state index is 9.84. The van der Waals surface area contributed by atoms with E-state index in [4.69, 9.17) is 5.11 Å². The first-order chi connectivity index (χ1) is 8.19. The van der Waals surface area contributed by atoms with Gasteiger partial charge >= 0.3 is 0 Å². The van der Waals surface area contributed by atoms with Crippen LogP contribution in [0.1, 0.15) is 37.3 Å². The number of unbranched alkanes of at least 4 members (excludes halogenated alkanes) is 1. The summed E-state index contributed by atoms with van der Waals surface area (Å²) in [4.78, 5) is 4.00. The number of aliphatic hydroxyl groups excluding tert-OH is 2. The molecule has 0 saturated carbocycles. The Hall–Kier alpha value is -1.17. The normalized spacial score (nSPS) is 12.6. The topological polar surface area (TPSA) is 85.6 Å². The molecule has 96 valence electrons. The molecule has 1 heterocycles. The molecule has 0 fully saturated rings. The molecule has 0 aromatic carbocycles. The van der Waals surface area contributed by atoms with Gasteiger partial charge in [0.2, 0.25) is 0 Å². The van der Waals surface area contributed by atoms with Crippen LogP contribution in [-0.4, -0.2) is 33.4 Å². The Morgan fingerprint density at radius 3 is 2.82 bits per heavy atom. The van der Waals surface area contributed by atoms with Crippen molar-refractivity contribution in [1.29, 1.82) is 0 Å². The first-order valence-corrected chi connectivity index (χ1v) is 5.87. The summed E-state index contributed by atoms with van der Waals surface area (Å²) < 4.78 is 0. The maximum Gasteiger partial charge on any atom is 0.139 e. The van der Waals surface area contributed by atoms with Gasteiger partial charge in [-0.25, -0.2) is 4.98 Å². The van der Waals surface area contributed by atoms with E-state index < -0.39 is 6.10 Å². The van der Waals surface area contributed by atoms with E-state index in [1.807, 2.05) is 0 Å². The molecule has 17 heavy (non-hydrogen) atoms. The number of aliphatic hydroxyl groups is 2. The fraction of sp³-hybridized carbons (Fsp3) is 0.583. The fourth-order valence-electron chi connectivity index (χ4n) is 1.46. The lowest BCUT2D eigenvalue weighted by Crippen LogP contribution is -2.23. The van der Waals surface area contributed by atoms with Crippen LogP contribution in [0, 0.1) is 0 Å². The second-order valence-corrected chi connectivity index (χ2v) is 3.93. The fourth-order valence-corrected chi connectivity index (χ4v) is 1.46. The average Bonchev–Trinajstić information content (AvgIpc) is 2.35. The summed E-state index contributed by atoms with van der Waals surface area (Å²) in [7, 11) is 0. The van der Waals surface area contributed by atoms with Crippen molar-refractivity contribution in [2.45, 2.75) is 32.5 Å². The van der Waals surface area contributed by atoms with Gasteiger partial charge in [0.15, 0.2) is 0 Å². The van der Waals surface area contributed by atoms with Crippen molar-refractivity contribution in [2.24, 2.45) is 0 Å². The summed E-state index contributed by atoms with van der Waals surface area (Å²) >= 11 is 0. The summed E-state index contributed by atoms with van der Waals surface area (Å²) in [5, 5.41) is 31.3. The zero-order valence-electron chi connectivity index (χ0n) is 10.1. The highest BCUT2D eigenvalue weighted by Gasteiger charge is 2.11. The smallest absolute Gasteiger partial charge is 0.139 e. The zero-order valence-corrected chi connectivity index (χ0v) is 10.1. The van der Waals surface area contributed by atoms with Gasteiger partial charge in [-0.05, 0) is 25.1 Å². The van der Waals surface area contributed by atoms with Crippen LogP contribution < -0.4 is 5.32 Å². The van der Waals surface area contributed by atoms with Crippen LogP contribution in [0.4, 0.5) is 0 Å². The molecule has 1 unspecified atom stereocenters. The van der Waals surface area contributed by atoms with E-state index in [9.17, 15) is 10.2 Å². The molecule has 1 aromatic heterocycles. The summed E-state index contributed by atoms with van der Waals surface area (Å²) in [6, 6.07) is 2.99. The molecule has 0 amide bonds. The second-order valence-electron chi connectivity index (χ2n) is 3.93. The van der Waals surface area contributed by atoms with Crippen molar-refractivity contribution < 1.29 is 15.3 Å². The van der Waals surface area contributed by atoms with Gasteiger partial charge in [-0.1, -0.05) is 13.3 Å². The van der Waals surface area contributed by atoms with Crippen LogP contribution in [0.5, 0.6) is 5.75 Å². The molecule has 1 rings (SSSR count). The zero-order chi connectivity index (χ0) is 12.7. The van der Waals surface area contributed by atoms with Gasteiger partial charge in [0.05, 0.1) is 12.3 Å². The molecule has 0 spiro atoms. The van der Waals surface area contributed by atoms with Crippen molar-refractivity contribution in [3.8, 4) is 5.75 Å². The van der Waals surface area contributed by atoms with E-state index in [2.05, 4.69) is 17.2 Å². The molecular formula is C12H20N2O3. The maximum absolute atomic E-state index is 9.84. The SMILES string of the molecule is CCCCNCC(O)c1ccc(O)c(CO)n1. The molecule has 0 saturated heterocycles. The predicted octanol–water partition coefficient (Wildman–Crippen LogP) is 0.703. The second kappa shape index (κ2) is 7.21. The molecule has 4 N–H and O–H groups in total. The predicted molar refractivity (Wildman–Crippen MR) is 64.6 cm³/mol. The third-order valence-electron chi connectivity index (χ3n) is 2.51. The van der Waals surface area contributed by atoms with E-state index in [-0.39, 0.29) is 18.1 Å².